The molecule has 1 atom stereocenters. The van der Waals surface area contributed by atoms with Crippen LogP contribution in [0.2, 0.25) is 5.02 Å². The highest BCUT2D eigenvalue weighted by atomic mass is 35.5. The molecule has 0 spiro atoms. The van der Waals surface area contributed by atoms with Crippen LogP contribution in [0, 0.1) is 12.3 Å². The molecule has 1 aromatic rings. The first-order chi connectivity index (χ1) is 6.08. The second-order valence-corrected chi connectivity index (χ2v) is 3.54. The average Bonchev–Trinajstić information content (AvgIpc) is 2.04. The van der Waals surface area contributed by atoms with Crippen LogP contribution in [0.25, 0.3) is 0 Å². The largest absolute Gasteiger partial charge is 0.384 e. The lowest BCUT2D eigenvalue weighted by molar-refractivity contribution is 0.0631. The van der Waals surface area contributed by atoms with Crippen LogP contribution < -0.4 is 0 Å². The maximum atomic E-state index is 9.94. The molecule has 0 saturated heterocycles. The van der Waals surface area contributed by atoms with Crippen LogP contribution in [0.5, 0.6) is 0 Å². The molecule has 0 aromatic heterocycles. The quantitative estimate of drug-likeness (QED) is 0.718. The Labute approximate surface area is 83.4 Å². The molecule has 1 rings (SSSR count). The molecule has 0 aliphatic heterocycles. The van der Waals surface area contributed by atoms with E-state index in [9.17, 15) is 5.11 Å². The molecule has 1 nitrogen and oxygen atoms in total. The van der Waals surface area contributed by atoms with Gasteiger partial charge in [-0.3, -0.25) is 0 Å². The first kappa shape index (κ1) is 10.1. The van der Waals surface area contributed by atoms with Crippen molar-refractivity contribution in [1.29, 1.82) is 0 Å². The number of hydrogen-bond donors (Lipinski definition) is 1. The van der Waals surface area contributed by atoms with E-state index in [0.717, 1.165) is 0 Å². The van der Waals surface area contributed by atoms with E-state index < -0.39 is 5.60 Å². The highest BCUT2D eigenvalue weighted by molar-refractivity contribution is 6.31. The van der Waals surface area contributed by atoms with Crippen molar-refractivity contribution in [3.8, 4) is 12.3 Å². The molecule has 68 valence electrons. The Morgan fingerprint density at radius 2 is 2.15 bits per heavy atom. The average molecular weight is 195 g/mol. The van der Waals surface area contributed by atoms with Gasteiger partial charge in [0.25, 0.3) is 0 Å². The third-order valence-corrected chi connectivity index (χ3v) is 2.23. The molecule has 0 aliphatic carbocycles. The molecule has 0 radical (unpaired) electrons. The van der Waals surface area contributed by atoms with Gasteiger partial charge in [0, 0.05) is 17.0 Å². The summed E-state index contributed by atoms with van der Waals surface area (Å²) in [5.74, 6) is 2.43. The van der Waals surface area contributed by atoms with E-state index in [0.29, 0.717) is 10.6 Å². The molecule has 13 heavy (non-hydrogen) atoms. The van der Waals surface area contributed by atoms with Crippen molar-refractivity contribution in [2.75, 3.05) is 0 Å². The number of benzene rings is 1. The van der Waals surface area contributed by atoms with Crippen LogP contribution in [-0.4, -0.2) is 5.11 Å². The summed E-state index contributed by atoms with van der Waals surface area (Å²) in [6.07, 6.45) is 5.41. The lowest BCUT2D eigenvalue weighted by Crippen LogP contribution is -2.20. The normalized spacial score (nSPS) is 14.6. The van der Waals surface area contributed by atoms with E-state index in [1.165, 1.54) is 0 Å². The summed E-state index contributed by atoms with van der Waals surface area (Å²) in [5.41, 5.74) is -0.359. The fourth-order valence-corrected chi connectivity index (χ4v) is 1.53. The van der Waals surface area contributed by atoms with Gasteiger partial charge in [-0.05, 0) is 13.0 Å². The van der Waals surface area contributed by atoms with Gasteiger partial charge in [0.1, 0.15) is 0 Å². The Morgan fingerprint density at radius 1 is 1.54 bits per heavy atom. The van der Waals surface area contributed by atoms with Gasteiger partial charge in [-0.2, -0.15) is 0 Å². The van der Waals surface area contributed by atoms with Crippen LogP contribution in [0.15, 0.2) is 24.3 Å². The van der Waals surface area contributed by atoms with Crippen LogP contribution in [0.4, 0.5) is 0 Å². The Balaban J connectivity index is 3.08. The Kier molecular flexibility index (Phi) is 2.98. The van der Waals surface area contributed by atoms with Crippen molar-refractivity contribution >= 4 is 11.6 Å². The zero-order valence-corrected chi connectivity index (χ0v) is 8.17. The highest BCUT2D eigenvalue weighted by Crippen LogP contribution is 2.29. The maximum absolute atomic E-state index is 9.94. The predicted octanol–water partition coefficient (Wildman–Crippen LogP) is 2.57. The Hall–Kier alpha value is -0.970. The fourth-order valence-electron chi connectivity index (χ4n) is 1.19. The van der Waals surface area contributed by atoms with Gasteiger partial charge >= 0.3 is 0 Å². The number of aliphatic hydroxyl groups is 1. The molecule has 0 unspecified atom stereocenters. The summed E-state index contributed by atoms with van der Waals surface area (Å²) < 4.78 is 0. The zero-order valence-electron chi connectivity index (χ0n) is 7.42. The molecular weight excluding hydrogens is 184 g/mol. The summed E-state index contributed by atoms with van der Waals surface area (Å²) in [7, 11) is 0. The Bertz CT molecular complexity index is 336. The van der Waals surface area contributed by atoms with Gasteiger partial charge in [0.05, 0.1) is 5.60 Å². The van der Waals surface area contributed by atoms with Crippen LogP contribution >= 0.6 is 11.6 Å². The number of terminal acetylenes is 1. The van der Waals surface area contributed by atoms with E-state index in [-0.39, 0.29) is 6.42 Å². The predicted molar refractivity (Wildman–Crippen MR) is 54.5 cm³/mol. The van der Waals surface area contributed by atoms with Gasteiger partial charge in [-0.1, -0.05) is 29.8 Å². The molecule has 0 fully saturated rings. The zero-order chi connectivity index (χ0) is 9.90. The molecule has 1 N–H and O–H groups in total. The third kappa shape index (κ3) is 2.24. The van der Waals surface area contributed by atoms with Crippen molar-refractivity contribution in [1.82, 2.24) is 0 Å². The SMILES string of the molecule is C#CC[C@@](C)(O)c1ccccc1Cl. The number of rotatable bonds is 2. The van der Waals surface area contributed by atoms with Gasteiger partial charge in [-0.25, -0.2) is 0 Å². The first-order valence-corrected chi connectivity index (χ1v) is 4.36. The minimum atomic E-state index is -1.03. The second kappa shape index (κ2) is 3.83. The van der Waals surface area contributed by atoms with Crippen LogP contribution in [0.3, 0.4) is 0 Å². The van der Waals surface area contributed by atoms with Gasteiger partial charge in [0.2, 0.25) is 0 Å². The molecule has 0 amide bonds. The Morgan fingerprint density at radius 3 is 2.69 bits per heavy atom. The number of halogens is 1. The highest BCUT2D eigenvalue weighted by Gasteiger charge is 2.23. The monoisotopic (exact) mass is 194 g/mol. The van der Waals surface area contributed by atoms with Crippen molar-refractivity contribution < 1.29 is 5.11 Å². The molecular formula is C11H11ClO. The van der Waals surface area contributed by atoms with Gasteiger partial charge in [0.15, 0.2) is 0 Å². The lowest BCUT2D eigenvalue weighted by Gasteiger charge is -2.22. The van der Waals surface area contributed by atoms with E-state index in [2.05, 4.69) is 5.92 Å². The fraction of sp³-hybridized carbons (Fsp3) is 0.273. The van der Waals surface area contributed by atoms with E-state index in [1.54, 1.807) is 19.1 Å². The molecule has 2 heteroatoms. The summed E-state index contributed by atoms with van der Waals surface area (Å²) >= 11 is 5.92. The summed E-state index contributed by atoms with van der Waals surface area (Å²) in [5, 5.41) is 10.5. The van der Waals surface area contributed by atoms with Crippen molar-refractivity contribution in [2.45, 2.75) is 18.9 Å². The lowest BCUT2D eigenvalue weighted by atomic mass is 9.93. The van der Waals surface area contributed by atoms with Crippen LogP contribution in [-0.2, 0) is 5.60 Å². The number of hydrogen-bond acceptors (Lipinski definition) is 1. The molecule has 0 heterocycles. The summed E-state index contributed by atoms with van der Waals surface area (Å²) in [4.78, 5) is 0. The van der Waals surface area contributed by atoms with E-state index >= 15 is 0 Å². The molecule has 0 bridgehead atoms. The van der Waals surface area contributed by atoms with Crippen molar-refractivity contribution in [3.63, 3.8) is 0 Å². The topological polar surface area (TPSA) is 20.2 Å². The molecule has 1 aromatic carbocycles. The summed E-state index contributed by atoms with van der Waals surface area (Å²) in [6.45, 7) is 1.66. The molecule has 0 aliphatic rings. The minimum absolute atomic E-state index is 0.261. The van der Waals surface area contributed by atoms with Crippen molar-refractivity contribution in [2.24, 2.45) is 0 Å². The standard InChI is InChI=1S/C11H11ClO/c1-3-8-11(2,13)9-6-4-5-7-10(9)12/h1,4-7,13H,8H2,2H3/t11-/m1/s1. The van der Waals surface area contributed by atoms with Gasteiger partial charge in [-0.15, -0.1) is 12.3 Å². The maximum Gasteiger partial charge on any atom is 0.0991 e. The van der Waals surface area contributed by atoms with Gasteiger partial charge < -0.3 is 5.11 Å². The van der Waals surface area contributed by atoms with Crippen LogP contribution in [0.1, 0.15) is 18.9 Å². The van der Waals surface area contributed by atoms with Crippen molar-refractivity contribution in [3.05, 3.63) is 34.9 Å². The van der Waals surface area contributed by atoms with E-state index in [1.807, 2.05) is 12.1 Å². The van der Waals surface area contributed by atoms with E-state index in [4.69, 9.17) is 18.0 Å². The third-order valence-electron chi connectivity index (χ3n) is 1.90. The minimum Gasteiger partial charge on any atom is -0.384 e. The second-order valence-electron chi connectivity index (χ2n) is 3.13. The smallest absolute Gasteiger partial charge is 0.0991 e. The molecule has 0 saturated carbocycles. The summed E-state index contributed by atoms with van der Waals surface area (Å²) in [6, 6.07) is 7.16. The first-order valence-electron chi connectivity index (χ1n) is 3.99.